The summed E-state index contributed by atoms with van der Waals surface area (Å²) in [5.74, 6) is -0.872. The van der Waals surface area contributed by atoms with Crippen LogP contribution in [0.4, 0.5) is 4.39 Å². The van der Waals surface area contributed by atoms with Crippen LogP contribution in [-0.2, 0) is 10.4 Å². The summed E-state index contributed by atoms with van der Waals surface area (Å²) in [5.41, 5.74) is -2.00. The second-order valence-corrected chi connectivity index (χ2v) is 3.92. The molecule has 1 aliphatic rings. The van der Waals surface area contributed by atoms with Gasteiger partial charge in [-0.2, -0.15) is 0 Å². The van der Waals surface area contributed by atoms with Crippen LogP contribution >= 0.6 is 0 Å². The highest BCUT2D eigenvalue weighted by Crippen LogP contribution is 2.37. The van der Waals surface area contributed by atoms with Crippen LogP contribution in [0.2, 0.25) is 0 Å². The van der Waals surface area contributed by atoms with Gasteiger partial charge < -0.3 is 19.7 Å². The lowest BCUT2D eigenvalue weighted by Gasteiger charge is -2.25. The minimum absolute atomic E-state index is 0.0545. The SMILES string of the molecule is CC(O)(c1ccc2c(c1)OCO2)C(F)C(=O)O. The fraction of sp³-hybridized carbons (Fsp3) is 0.364. The third-order valence-electron chi connectivity index (χ3n) is 2.67. The summed E-state index contributed by atoms with van der Waals surface area (Å²) < 4.78 is 23.6. The molecule has 0 radical (unpaired) electrons. The van der Waals surface area contributed by atoms with Gasteiger partial charge in [0.2, 0.25) is 13.0 Å². The van der Waals surface area contributed by atoms with E-state index >= 15 is 0 Å². The number of alkyl halides is 1. The second kappa shape index (κ2) is 3.89. The molecule has 6 heteroatoms. The number of hydrogen-bond donors (Lipinski definition) is 2. The number of aliphatic hydroxyl groups is 1. The van der Waals surface area contributed by atoms with Crippen molar-refractivity contribution >= 4 is 5.97 Å². The zero-order chi connectivity index (χ0) is 12.6. The van der Waals surface area contributed by atoms with Crippen molar-refractivity contribution in [2.75, 3.05) is 6.79 Å². The molecule has 5 nitrogen and oxygen atoms in total. The number of fused-ring (bicyclic) bond motifs is 1. The Balaban J connectivity index is 2.36. The maximum Gasteiger partial charge on any atom is 0.341 e. The zero-order valence-electron chi connectivity index (χ0n) is 9.01. The van der Waals surface area contributed by atoms with Gasteiger partial charge in [-0.05, 0) is 24.6 Å². The number of hydrogen-bond acceptors (Lipinski definition) is 4. The topological polar surface area (TPSA) is 76.0 Å². The highest BCUT2D eigenvalue weighted by molar-refractivity contribution is 5.74. The molecule has 2 N–H and O–H groups in total. The van der Waals surface area contributed by atoms with Crippen LogP contribution < -0.4 is 9.47 Å². The standard InChI is InChI=1S/C11H11FO5/c1-11(15,9(12)10(13)14)6-2-3-7-8(4-6)17-5-16-7/h2-4,9,15H,5H2,1H3,(H,13,14). The number of halogens is 1. The molecule has 0 aliphatic carbocycles. The van der Waals surface area contributed by atoms with E-state index in [0.717, 1.165) is 6.92 Å². The largest absolute Gasteiger partial charge is 0.479 e. The first-order valence-corrected chi connectivity index (χ1v) is 4.92. The second-order valence-electron chi connectivity index (χ2n) is 3.92. The molecule has 0 amide bonds. The number of carboxylic acids is 1. The van der Waals surface area contributed by atoms with E-state index in [-0.39, 0.29) is 12.4 Å². The molecule has 0 aromatic heterocycles. The summed E-state index contributed by atoms with van der Waals surface area (Å²) in [5, 5.41) is 18.5. The van der Waals surface area contributed by atoms with Gasteiger partial charge in [0.15, 0.2) is 11.5 Å². The van der Waals surface area contributed by atoms with Gasteiger partial charge in [0.25, 0.3) is 0 Å². The van der Waals surface area contributed by atoms with Crippen LogP contribution in [0, 0.1) is 0 Å². The maximum atomic E-state index is 13.4. The van der Waals surface area contributed by atoms with Gasteiger partial charge in [0.05, 0.1) is 0 Å². The van der Waals surface area contributed by atoms with Crippen molar-refractivity contribution in [1.29, 1.82) is 0 Å². The van der Waals surface area contributed by atoms with Gasteiger partial charge in [-0.3, -0.25) is 0 Å². The van der Waals surface area contributed by atoms with E-state index in [1.54, 1.807) is 0 Å². The monoisotopic (exact) mass is 242 g/mol. The van der Waals surface area contributed by atoms with Crippen molar-refractivity contribution in [2.45, 2.75) is 18.7 Å². The van der Waals surface area contributed by atoms with Crippen molar-refractivity contribution in [1.82, 2.24) is 0 Å². The molecule has 1 heterocycles. The molecule has 0 fully saturated rings. The molecule has 92 valence electrons. The lowest BCUT2D eigenvalue weighted by atomic mass is 9.91. The Morgan fingerprint density at radius 3 is 2.76 bits per heavy atom. The summed E-state index contributed by atoms with van der Waals surface area (Å²) in [6.45, 7) is 1.15. The lowest BCUT2D eigenvalue weighted by molar-refractivity contribution is -0.153. The molecule has 2 atom stereocenters. The molecule has 1 aromatic carbocycles. The summed E-state index contributed by atoms with van der Waals surface area (Å²) in [6, 6.07) is 4.28. The van der Waals surface area contributed by atoms with Gasteiger partial charge >= 0.3 is 5.97 Å². The van der Waals surface area contributed by atoms with Crippen molar-refractivity contribution < 1.29 is 28.9 Å². The molecule has 0 bridgehead atoms. The van der Waals surface area contributed by atoms with E-state index in [2.05, 4.69) is 0 Å². The predicted molar refractivity (Wildman–Crippen MR) is 54.7 cm³/mol. The van der Waals surface area contributed by atoms with Crippen LogP contribution in [-0.4, -0.2) is 29.1 Å². The lowest BCUT2D eigenvalue weighted by Crippen LogP contribution is -2.39. The van der Waals surface area contributed by atoms with E-state index in [1.165, 1.54) is 18.2 Å². The summed E-state index contributed by atoms with van der Waals surface area (Å²) >= 11 is 0. The van der Waals surface area contributed by atoms with Crippen LogP contribution in [0.1, 0.15) is 12.5 Å². The van der Waals surface area contributed by atoms with E-state index in [1.807, 2.05) is 0 Å². The van der Waals surface area contributed by atoms with E-state index in [4.69, 9.17) is 14.6 Å². The molecule has 0 saturated heterocycles. The average Bonchev–Trinajstić information content (AvgIpc) is 2.74. The third-order valence-corrected chi connectivity index (χ3v) is 2.67. The van der Waals surface area contributed by atoms with Gasteiger partial charge in [0.1, 0.15) is 5.60 Å². The Kier molecular flexibility index (Phi) is 2.66. The maximum absolute atomic E-state index is 13.4. The Morgan fingerprint density at radius 2 is 2.12 bits per heavy atom. The van der Waals surface area contributed by atoms with Crippen LogP contribution in [0.15, 0.2) is 18.2 Å². The quantitative estimate of drug-likeness (QED) is 0.828. The van der Waals surface area contributed by atoms with Crippen molar-refractivity contribution in [3.05, 3.63) is 23.8 Å². The first-order chi connectivity index (χ1) is 7.93. The fourth-order valence-corrected chi connectivity index (χ4v) is 1.60. The molecule has 1 aliphatic heterocycles. The van der Waals surface area contributed by atoms with Crippen molar-refractivity contribution in [2.24, 2.45) is 0 Å². The first kappa shape index (κ1) is 11.7. The van der Waals surface area contributed by atoms with Gasteiger partial charge in [-0.1, -0.05) is 6.07 Å². The molecule has 0 spiro atoms. The molecular formula is C11H11FO5. The summed E-state index contributed by atoms with van der Waals surface area (Å²) in [6.07, 6.45) is -2.41. The van der Waals surface area contributed by atoms with Gasteiger partial charge in [0, 0.05) is 0 Å². The minimum Gasteiger partial charge on any atom is -0.479 e. The molecule has 1 aromatic rings. The Morgan fingerprint density at radius 1 is 1.47 bits per heavy atom. The van der Waals surface area contributed by atoms with E-state index < -0.39 is 17.7 Å². The third kappa shape index (κ3) is 1.91. The Labute approximate surface area is 96.4 Å². The zero-order valence-corrected chi connectivity index (χ0v) is 9.01. The van der Waals surface area contributed by atoms with Gasteiger partial charge in [-0.15, -0.1) is 0 Å². The van der Waals surface area contributed by atoms with Crippen molar-refractivity contribution in [3.8, 4) is 11.5 Å². The molecule has 0 saturated carbocycles. The smallest absolute Gasteiger partial charge is 0.341 e. The summed E-state index contributed by atoms with van der Waals surface area (Å²) in [7, 11) is 0. The molecule has 2 unspecified atom stereocenters. The van der Waals surface area contributed by atoms with E-state index in [9.17, 15) is 14.3 Å². The minimum atomic E-state index is -2.41. The number of ether oxygens (including phenoxy) is 2. The molecule has 17 heavy (non-hydrogen) atoms. The van der Waals surface area contributed by atoms with Crippen LogP contribution in [0.5, 0.6) is 11.5 Å². The number of rotatable bonds is 3. The number of carbonyl (C=O) groups is 1. The highest BCUT2D eigenvalue weighted by Gasteiger charge is 2.40. The normalized spacial score (nSPS) is 18.5. The fourth-order valence-electron chi connectivity index (χ4n) is 1.60. The molecular weight excluding hydrogens is 231 g/mol. The summed E-state index contributed by atoms with van der Waals surface area (Å²) in [4.78, 5) is 10.6. The number of aliphatic carboxylic acids is 1. The van der Waals surface area contributed by atoms with Crippen LogP contribution in [0.3, 0.4) is 0 Å². The average molecular weight is 242 g/mol. The Bertz CT molecular complexity index is 457. The first-order valence-electron chi connectivity index (χ1n) is 4.92. The molecule has 2 rings (SSSR count). The number of benzene rings is 1. The van der Waals surface area contributed by atoms with Crippen molar-refractivity contribution in [3.63, 3.8) is 0 Å². The Hall–Kier alpha value is -1.82. The van der Waals surface area contributed by atoms with Crippen LogP contribution in [0.25, 0.3) is 0 Å². The highest BCUT2D eigenvalue weighted by atomic mass is 19.1. The predicted octanol–water partition coefficient (Wildman–Crippen LogP) is 1.05. The van der Waals surface area contributed by atoms with Gasteiger partial charge in [-0.25, -0.2) is 9.18 Å². The number of carboxylic acid groups (broad SMARTS) is 1. The van der Waals surface area contributed by atoms with E-state index in [0.29, 0.717) is 11.5 Å².